The second-order valence-corrected chi connectivity index (χ2v) is 6.37. The Labute approximate surface area is 136 Å². The molecule has 112 valence electrons. The molecule has 0 saturated heterocycles. The fourth-order valence-electron chi connectivity index (χ4n) is 2.21. The van der Waals surface area contributed by atoms with Crippen LogP contribution in [0, 0.1) is 0 Å². The first-order valence-corrected chi connectivity index (χ1v) is 7.93. The molecule has 3 rings (SSSR count). The van der Waals surface area contributed by atoms with Crippen molar-refractivity contribution in [1.29, 1.82) is 0 Å². The van der Waals surface area contributed by atoms with Gasteiger partial charge in [0.2, 0.25) is 0 Å². The SMILES string of the molecule is O=C(NCCO)c1cc(-c2ccc(Cl)s2)nc2ccccc12. The molecule has 0 bridgehead atoms. The number of pyridine rings is 1. The van der Waals surface area contributed by atoms with Crippen LogP contribution in [0.1, 0.15) is 10.4 Å². The molecule has 2 heterocycles. The monoisotopic (exact) mass is 332 g/mol. The van der Waals surface area contributed by atoms with E-state index in [9.17, 15) is 4.79 Å². The normalized spacial score (nSPS) is 10.8. The average molecular weight is 333 g/mol. The van der Waals surface area contributed by atoms with Crippen molar-refractivity contribution < 1.29 is 9.90 Å². The Balaban J connectivity index is 2.14. The zero-order valence-corrected chi connectivity index (χ0v) is 13.1. The van der Waals surface area contributed by atoms with E-state index in [0.717, 1.165) is 15.8 Å². The quantitative estimate of drug-likeness (QED) is 0.770. The van der Waals surface area contributed by atoms with E-state index in [0.29, 0.717) is 15.6 Å². The number of aliphatic hydroxyl groups is 1. The third-order valence-electron chi connectivity index (χ3n) is 3.18. The van der Waals surface area contributed by atoms with Crippen molar-refractivity contribution in [2.24, 2.45) is 0 Å². The molecule has 2 N–H and O–H groups in total. The summed E-state index contributed by atoms with van der Waals surface area (Å²) in [5.41, 5.74) is 2.00. The van der Waals surface area contributed by atoms with Crippen LogP contribution in [0.2, 0.25) is 4.34 Å². The molecule has 0 aliphatic carbocycles. The summed E-state index contributed by atoms with van der Waals surface area (Å²) in [7, 11) is 0. The number of hydrogen-bond acceptors (Lipinski definition) is 4. The van der Waals surface area contributed by atoms with Crippen molar-refractivity contribution in [2.45, 2.75) is 0 Å². The maximum absolute atomic E-state index is 12.3. The second-order valence-electron chi connectivity index (χ2n) is 4.66. The first-order valence-electron chi connectivity index (χ1n) is 6.73. The lowest BCUT2D eigenvalue weighted by Gasteiger charge is -2.09. The van der Waals surface area contributed by atoms with Gasteiger partial charge in [-0.25, -0.2) is 4.98 Å². The van der Waals surface area contributed by atoms with Gasteiger partial charge in [-0.3, -0.25) is 4.79 Å². The summed E-state index contributed by atoms with van der Waals surface area (Å²) in [6.07, 6.45) is 0. The molecule has 4 nitrogen and oxygen atoms in total. The minimum atomic E-state index is -0.225. The number of nitrogens with one attached hydrogen (secondary N) is 1. The van der Waals surface area contributed by atoms with Gasteiger partial charge in [-0.05, 0) is 24.3 Å². The fraction of sp³-hybridized carbons (Fsp3) is 0.125. The zero-order valence-electron chi connectivity index (χ0n) is 11.5. The lowest BCUT2D eigenvalue weighted by Crippen LogP contribution is -2.26. The van der Waals surface area contributed by atoms with Crippen molar-refractivity contribution in [3.05, 3.63) is 52.4 Å². The van der Waals surface area contributed by atoms with Gasteiger partial charge in [0.05, 0.1) is 32.6 Å². The van der Waals surface area contributed by atoms with Gasteiger partial charge in [0, 0.05) is 11.9 Å². The summed E-state index contributed by atoms with van der Waals surface area (Å²) in [6, 6.07) is 12.9. The van der Waals surface area contributed by atoms with Gasteiger partial charge >= 0.3 is 0 Å². The highest BCUT2D eigenvalue weighted by Crippen LogP contribution is 2.32. The smallest absolute Gasteiger partial charge is 0.252 e. The molecule has 0 unspecified atom stereocenters. The summed E-state index contributed by atoms with van der Waals surface area (Å²) in [4.78, 5) is 17.8. The molecule has 0 radical (unpaired) electrons. The highest BCUT2D eigenvalue weighted by atomic mass is 35.5. The van der Waals surface area contributed by atoms with E-state index in [2.05, 4.69) is 10.3 Å². The summed E-state index contributed by atoms with van der Waals surface area (Å²) in [5.74, 6) is -0.225. The van der Waals surface area contributed by atoms with Crippen LogP contribution in [0.3, 0.4) is 0 Å². The van der Waals surface area contributed by atoms with Crippen LogP contribution >= 0.6 is 22.9 Å². The van der Waals surface area contributed by atoms with Crippen molar-refractivity contribution in [2.75, 3.05) is 13.2 Å². The first kappa shape index (κ1) is 15.0. The standard InChI is InChI=1S/C16H13ClN2O2S/c17-15-6-5-14(22-15)13-9-11(16(21)18-7-8-20)10-3-1-2-4-12(10)19-13/h1-6,9,20H,7-8H2,(H,18,21). The van der Waals surface area contributed by atoms with Crippen LogP contribution in [0.15, 0.2) is 42.5 Å². The minimum Gasteiger partial charge on any atom is -0.395 e. The number of thiophene rings is 1. The third kappa shape index (κ3) is 2.97. The fourth-order valence-corrected chi connectivity index (χ4v) is 3.21. The largest absolute Gasteiger partial charge is 0.395 e. The Morgan fingerprint density at radius 2 is 2.09 bits per heavy atom. The Morgan fingerprint density at radius 3 is 2.82 bits per heavy atom. The van der Waals surface area contributed by atoms with E-state index < -0.39 is 0 Å². The van der Waals surface area contributed by atoms with Crippen LogP contribution in [-0.4, -0.2) is 29.1 Å². The second kappa shape index (κ2) is 6.44. The summed E-state index contributed by atoms with van der Waals surface area (Å²) in [5, 5.41) is 12.3. The van der Waals surface area contributed by atoms with Gasteiger partial charge < -0.3 is 10.4 Å². The Hall–Kier alpha value is -1.95. The van der Waals surface area contributed by atoms with Crippen LogP contribution in [0.5, 0.6) is 0 Å². The van der Waals surface area contributed by atoms with E-state index in [-0.39, 0.29) is 19.1 Å². The molecule has 2 aromatic heterocycles. The number of rotatable bonds is 4. The van der Waals surface area contributed by atoms with Crippen molar-refractivity contribution in [1.82, 2.24) is 10.3 Å². The van der Waals surface area contributed by atoms with E-state index in [1.54, 1.807) is 6.07 Å². The molecule has 0 saturated carbocycles. The Morgan fingerprint density at radius 1 is 1.27 bits per heavy atom. The van der Waals surface area contributed by atoms with E-state index in [1.807, 2.05) is 36.4 Å². The molecule has 0 atom stereocenters. The van der Waals surface area contributed by atoms with E-state index >= 15 is 0 Å². The molecule has 0 aliphatic rings. The van der Waals surface area contributed by atoms with Crippen LogP contribution in [-0.2, 0) is 0 Å². The number of nitrogens with zero attached hydrogens (tertiary/aromatic N) is 1. The molecule has 6 heteroatoms. The van der Waals surface area contributed by atoms with Gasteiger partial charge in [0.1, 0.15) is 0 Å². The number of carbonyl (C=O) groups is 1. The highest BCUT2D eigenvalue weighted by molar-refractivity contribution is 7.19. The average Bonchev–Trinajstić information content (AvgIpc) is 2.98. The van der Waals surface area contributed by atoms with Crippen molar-refractivity contribution >= 4 is 39.7 Å². The molecule has 1 amide bonds. The number of fused-ring (bicyclic) bond motifs is 1. The molecule has 1 aromatic carbocycles. The Bertz CT molecular complexity index is 832. The maximum Gasteiger partial charge on any atom is 0.252 e. The van der Waals surface area contributed by atoms with Gasteiger partial charge in [0.15, 0.2) is 0 Å². The third-order valence-corrected chi connectivity index (χ3v) is 4.44. The van der Waals surface area contributed by atoms with Crippen molar-refractivity contribution in [3.63, 3.8) is 0 Å². The number of carbonyl (C=O) groups excluding carboxylic acids is 1. The van der Waals surface area contributed by atoms with E-state index in [1.165, 1.54) is 11.3 Å². The summed E-state index contributed by atoms with van der Waals surface area (Å²) >= 11 is 7.40. The predicted molar refractivity (Wildman–Crippen MR) is 89.5 cm³/mol. The molecule has 0 spiro atoms. The molecule has 3 aromatic rings. The molecule has 0 aliphatic heterocycles. The van der Waals surface area contributed by atoms with Crippen LogP contribution in [0.25, 0.3) is 21.5 Å². The number of hydrogen-bond donors (Lipinski definition) is 2. The van der Waals surface area contributed by atoms with Gasteiger partial charge in [-0.15, -0.1) is 11.3 Å². The molecular formula is C16H13ClN2O2S. The van der Waals surface area contributed by atoms with Crippen LogP contribution in [0.4, 0.5) is 0 Å². The van der Waals surface area contributed by atoms with Crippen LogP contribution < -0.4 is 5.32 Å². The topological polar surface area (TPSA) is 62.2 Å². The Kier molecular flexibility index (Phi) is 4.38. The maximum atomic E-state index is 12.3. The van der Waals surface area contributed by atoms with Gasteiger partial charge in [0.25, 0.3) is 5.91 Å². The summed E-state index contributed by atoms with van der Waals surface area (Å²) < 4.78 is 0.677. The number of aliphatic hydroxyl groups excluding tert-OH is 1. The zero-order chi connectivity index (χ0) is 15.5. The number of halogens is 1. The molecule has 22 heavy (non-hydrogen) atoms. The number of amides is 1. The van der Waals surface area contributed by atoms with Gasteiger partial charge in [-0.2, -0.15) is 0 Å². The van der Waals surface area contributed by atoms with E-state index in [4.69, 9.17) is 16.7 Å². The number of aromatic nitrogens is 1. The lowest BCUT2D eigenvalue weighted by atomic mass is 10.1. The lowest BCUT2D eigenvalue weighted by molar-refractivity contribution is 0.0946. The minimum absolute atomic E-state index is 0.0951. The molecule has 0 fully saturated rings. The number of benzene rings is 1. The predicted octanol–water partition coefficient (Wildman–Crippen LogP) is 3.34. The number of para-hydroxylation sites is 1. The van der Waals surface area contributed by atoms with Gasteiger partial charge in [-0.1, -0.05) is 29.8 Å². The first-order chi connectivity index (χ1) is 10.7. The molecular weight excluding hydrogens is 320 g/mol. The van der Waals surface area contributed by atoms with Crippen molar-refractivity contribution in [3.8, 4) is 10.6 Å². The summed E-state index contributed by atoms with van der Waals surface area (Å²) in [6.45, 7) is 0.123. The highest BCUT2D eigenvalue weighted by Gasteiger charge is 2.14.